The van der Waals surface area contributed by atoms with Crippen molar-refractivity contribution in [1.29, 1.82) is 0 Å². The van der Waals surface area contributed by atoms with Crippen LogP contribution in [-0.4, -0.2) is 43.3 Å². The number of amides is 2. The Bertz CT molecular complexity index is 359. The third-order valence-electron chi connectivity index (χ3n) is 3.04. The first-order valence-corrected chi connectivity index (χ1v) is 7.27. The highest BCUT2D eigenvalue weighted by molar-refractivity contribution is 5.89. The predicted molar refractivity (Wildman–Crippen MR) is 77.6 cm³/mol. The van der Waals surface area contributed by atoms with Crippen molar-refractivity contribution in [1.82, 2.24) is 10.6 Å². The van der Waals surface area contributed by atoms with Crippen LogP contribution in [0.4, 0.5) is 4.79 Å². The van der Waals surface area contributed by atoms with E-state index in [4.69, 9.17) is 9.47 Å². The van der Waals surface area contributed by atoms with Gasteiger partial charge in [-0.1, -0.05) is 20.3 Å². The Kier molecular flexibility index (Phi) is 9.16. The molecular weight excluding hydrogens is 276 g/mol. The highest BCUT2D eigenvalue weighted by atomic mass is 16.5. The van der Waals surface area contributed by atoms with E-state index in [2.05, 4.69) is 10.6 Å². The molecule has 0 aliphatic heterocycles. The maximum atomic E-state index is 12.2. The molecule has 2 amide bonds. The number of ether oxygens (including phenoxy) is 2. The SMILES string of the molecule is CCOC(=O)NC(C(=O)NC(C)C(=O)OCC)C(C)CC. The van der Waals surface area contributed by atoms with Gasteiger partial charge in [0.15, 0.2) is 0 Å². The second-order valence-corrected chi connectivity index (χ2v) is 4.71. The highest BCUT2D eigenvalue weighted by Crippen LogP contribution is 2.09. The molecule has 0 aliphatic carbocycles. The van der Waals surface area contributed by atoms with Crippen molar-refractivity contribution in [2.24, 2.45) is 5.92 Å². The Morgan fingerprint density at radius 1 is 0.952 bits per heavy atom. The van der Waals surface area contributed by atoms with Crippen molar-refractivity contribution in [2.45, 2.75) is 53.1 Å². The fourth-order valence-electron chi connectivity index (χ4n) is 1.63. The quantitative estimate of drug-likeness (QED) is 0.657. The van der Waals surface area contributed by atoms with E-state index < -0.39 is 30.1 Å². The minimum absolute atomic E-state index is 0.0937. The molecule has 0 saturated heterocycles. The number of nitrogens with one attached hydrogen (secondary N) is 2. The van der Waals surface area contributed by atoms with Crippen LogP contribution >= 0.6 is 0 Å². The number of hydrogen-bond acceptors (Lipinski definition) is 5. The summed E-state index contributed by atoms with van der Waals surface area (Å²) in [6, 6.07) is -1.53. The molecule has 0 saturated carbocycles. The minimum Gasteiger partial charge on any atom is -0.464 e. The van der Waals surface area contributed by atoms with Gasteiger partial charge in [-0.25, -0.2) is 9.59 Å². The van der Waals surface area contributed by atoms with Gasteiger partial charge in [-0.2, -0.15) is 0 Å². The first-order chi connectivity index (χ1) is 9.87. The number of hydrogen-bond donors (Lipinski definition) is 2. The lowest BCUT2D eigenvalue weighted by atomic mass is 9.98. The Hall–Kier alpha value is -1.79. The van der Waals surface area contributed by atoms with E-state index in [9.17, 15) is 14.4 Å². The van der Waals surface area contributed by atoms with Gasteiger partial charge in [0.2, 0.25) is 5.91 Å². The molecule has 0 aliphatic rings. The van der Waals surface area contributed by atoms with E-state index in [1.54, 1.807) is 13.8 Å². The number of carbonyl (C=O) groups is 3. The summed E-state index contributed by atoms with van der Waals surface area (Å²) >= 11 is 0. The first-order valence-electron chi connectivity index (χ1n) is 7.27. The molecule has 0 aromatic rings. The van der Waals surface area contributed by atoms with Crippen LogP contribution in [-0.2, 0) is 19.1 Å². The third-order valence-corrected chi connectivity index (χ3v) is 3.04. The molecule has 7 heteroatoms. The van der Waals surface area contributed by atoms with Crippen LogP contribution in [0.3, 0.4) is 0 Å². The average molecular weight is 302 g/mol. The summed E-state index contributed by atoms with van der Waals surface area (Å²) in [4.78, 5) is 35.2. The third kappa shape index (κ3) is 6.97. The Labute approximate surface area is 125 Å². The topological polar surface area (TPSA) is 93.7 Å². The van der Waals surface area contributed by atoms with Crippen molar-refractivity contribution in [3.63, 3.8) is 0 Å². The van der Waals surface area contributed by atoms with Crippen LogP contribution in [0.15, 0.2) is 0 Å². The molecule has 3 atom stereocenters. The van der Waals surface area contributed by atoms with E-state index in [0.29, 0.717) is 6.42 Å². The standard InChI is InChI=1S/C14H26N2O5/c1-6-9(4)11(16-14(19)21-8-3)12(17)15-10(5)13(18)20-7-2/h9-11H,6-8H2,1-5H3,(H,15,17)(H,16,19). The van der Waals surface area contributed by atoms with Crippen LogP contribution in [0.2, 0.25) is 0 Å². The van der Waals surface area contributed by atoms with Gasteiger partial charge in [-0.3, -0.25) is 4.79 Å². The maximum Gasteiger partial charge on any atom is 0.407 e. The number of carbonyl (C=O) groups excluding carboxylic acids is 3. The summed E-state index contributed by atoms with van der Waals surface area (Å²) in [7, 11) is 0. The molecule has 0 heterocycles. The molecule has 122 valence electrons. The summed E-state index contributed by atoms with van der Waals surface area (Å²) < 4.78 is 9.61. The van der Waals surface area contributed by atoms with Crippen molar-refractivity contribution < 1.29 is 23.9 Å². The summed E-state index contributed by atoms with van der Waals surface area (Å²) in [5.41, 5.74) is 0. The van der Waals surface area contributed by atoms with Gasteiger partial charge in [0.05, 0.1) is 13.2 Å². The van der Waals surface area contributed by atoms with Crippen LogP contribution in [0.25, 0.3) is 0 Å². The summed E-state index contributed by atoms with van der Waals surface area (Å²) in [6.45, 7) is 9.12. The van der Waals surface area contributed by atoms with Gasteiger partial charge in [0, 0.05) is 0 Å². The lowest BCUT2D eigenvalue weighted by Crippen LogP contribution is -2.53. The van der Waals surface area contributed by atoms with Gasteiger partial charge >= 0.3 is 12.1 Å². The lowest BCUT2D eigenvalue weighted by molar-refractivity contribution is -0.147. The van der Waals surface area contributed by atoms with Crippen LogP contribution in [0.5, 0.6) is 0 Å². The second-order valence-electron chi connectivity index (χ2n) is 4.71. The lowest BCUT2D eigenvalue weighted by Gasteiger charge is -2.24. The molecule has 21 heavy (non-hydrogen) atoms. The van der Waals surface area contributed by atoms with E-state index in [1.165, 1.54) is 6.92 Å². The first kappa shape index (κ1) is 19.2. The van der Waals surface area contributed by atoms with Crippen molar-refractivity contribution in [3.05, 3.63) is 0 Å². The minimum atomic E-state index is -0.770. The van der Waals surface area contributed by atoms with Crippen molar-refractivity contribution in [2.75, 3.05) is 13.2 Å². The van der Waals surface area contributed by atoms with Gasteiger partial charge in [0.25, 0.3) is 0 Å². The Morgan fingerprint density at radius 2 is 1.52 bits per heavy atom. The van der Waals surface area contributed by atoms with Gasteiger partial charge < -0.3 is 20.1 Å². The zero-order valence-electron chi connectivity index (χ0n) is 13.4. The van der Waals surface area contributed by atoms with E-state index in [-0.39, 0.29) is 19.1 Å². The van der Waals surface area contributed by atoms with E-state index in [1.807, 2.05) is 13.8 Å². The fourth-order valence-corrected chi connectivity index (χ4v) is 1.63. The fraction of sp³-hybridized carbons (Fsp3) is 0.786. The van der Waals surface area contributed by atoms with Gasteiger partial charge in [0.1, 0.15) is 12.1 Å². The molecule has 2 N–H and O–H groups in total. The molecule has 0 fully saturated rings. The molecule has 3 unspecified atom stereocenters. The Balaban J connectivity index is 4.72. The molecular formula is C14H26N2O5. The van der Waals surface area contributed by atoms with Crippen molar-refractivity contribution in [3.8, 4) is 0 Å². The molecule has 0 aromatic carbocycles. The van der Waals surface area contributed by atoms with Crippen LogP contribution in [0.1, 0.15) is 41.0 Å². The molecule has 7 nitrogen and oxygen atoms in total. The highest BCUT2D eigenvalue weighted by Gasteiger charge is 2.28. The summed E-state index contributed by atoms with van der Waals surface area (Å²) in [5.74, 6) is -1.04. The second kappa shape index (κ2) is 10.0. The van der Waals surface area contributed by atoms with E-state index in [0.717, 1.165) is 0 Å². The maximum absolute atomic E-state index is 12.2. The van der Waals surface area contributed by atoms with Crippen LogP contribution in [0, 0.1) is 5.92 Å². The number of esters is 1. The molecule has 0 bridgehead atoms. The summed E-state index contributed by atoms with van der Waals surface area (Å²) in [6.07, 6.45) is 0.0416. The molecule has 0 aromatic heterocycles. The monoisotopic (exact) mass is 302 g/mol. The largest absolute Gasteiger partial charge is 0.464 e. The molecule has 0 spiro atoms. The molecule has 0 rings (SSSR count). The van der Waals surface area contributed by atoms with Gasteiger partial charge in [-0.05, 0) is 26.7 Å². The van der Waals surface area contributed by atoms with Crippen molar-refractivity contribution >= 4 is 18.0 Å². The smallest absolute Gasteiger partial charge is 0.407 e. The molecule has 0 radical (unpaired) electrons. The predicted octanol–water partition coefficient (Wildman–Crippen LogP) is 1.21. The normalized spacial score (nSPS) is 14.5. The van der Waals surface area contributed by atoms with E-state index >= 15 is 0 Å². The zero-order valence-corrected chi connectivity index (χ0v) is 13.4. The zero-order chi connectivity index (χ0) is 16.4. The Morgan fingerprint density at radius 3 is 2.00 bits per heavy atom. The summed E-state index contributed by atoms with van der Waals surface area (Å²) in [5, 5.41) is 5.06. The average Bonchev–Trinajstić information content (AvgIpc) is 2.44. The number of rotatable bonds is 8. The number of alkyl carbamates (subject to hydrolysis) is 1. The van der Waals surface area contributed by atoms with Crippen LogP contribution < -0.4 is 10.6 Å². The van der Waals surface area contributed by atoms with Gasteiger partial charge in [-0.15, -0.1) is 0 Å².